The fourth-order valence-electron chi connectivity index (χ4n) is 2.95. The molecule has 1 N–H and O–H groups in total. The van der Waals surface area contributed by atoms with E-state index in [0.717, 1.165) is 37.9 Å². The molecule has 2 aliphatic rings. The van der Waals surface area contributed by atoms with Crippen LogP contribution in [-0.4, -0.2) is 31.3 Å². The first-order chi connectivity index (χ1) is 11.1. The van der Waals surface area contributed by atoms with Gasteiger partial charge >= 0.3 is 0 Å². The summed E-state index contributed by atoms with van der Waals surface area (Å²) in [6, 6.07) is 6.31. The summed E-state index contributed by atoms with van der Waals surface area (Å²) in [5.74, 6) is 0.0573. The Hall–Kier alpha value is -1.46. The zero-order chi connectivity index (χ0) is 16.2. The van der Waals surface area contributed by atoms with Gasteiger partial charge in [-0.1, -0.05) is 12.1 Å². The second kappa shape index (κ2) is 7.41. The molecular weight excluding hydrogens is 297 g/mol. The smallest absolute Gasteiger partial charge is 0.249 e. The molecule has 3 rings (SSSR count). The van der Waals surface area contributed by atoms with Gasteiger partial charge in [0.25, 0.3) is 0 Å². The molecule has 1 amide bonds. The number of ether oxygens (including phenoxy) is 2. The third kappa shape index (κ3) is 4.52. The summed E-state index contributed by atoms with van der Waals surface area (Å²) in [5.41, 5.74) is 0.952. The van der Waals surface area contributed by atoms with Crippen molar-refractivity contribution in [1.29, 1.82) is 0 Å². The Bertz CT molecular complexity index is 524. The Kier molecular flexibility index (Phi) is 5.28. The number of halogens is 1. The lowest BCUT2D eigenvalue weighted by molar-refractivity contribution is -0.134. The first-order valence-electron chi connectivity index (χ1n) is 8.42. The van der Waals surface area contributed by atoms with Crippen LogP contribution in [0.15, 0.2) is 24.3 Å². The average Bonchev–Trinajstić information content (AvgIpc) is 3.26. The van der Waals surface area contributed by atoms with Gasteiger partial charge in [0, 0.05) is 6.61 Å². The number of rotatable bonds is 7. The van der Waals surface area contributed by atoms with Crippen molar-refractivity contribution >= 4 is 5.91 Å². The van der Waals surface area contributed by atoms with E-state index in [1.807, 2.05) is 0 Å². The highest BCUT2D eigenvalue weighted by atomic mass is 19.1. The van der Waals surface area contributed by atoms with E-state index in [1.54, 1.807) is 19.1 Å². The monoisotopic (exact) mass is 321 g/mol. The van der Waals surface area contributed by atoms with Crippen LogP contribution in [0.5, 0.6) is 0 Å². The highest BCUT2D eigenvalue weighted by molar-refractivity contribution is 5.80. The molecular formula is C18H24FNO3. The first-order valence-corrected chi connectivity index (χ1v) is 8.42. The molecule has 1 aromatic rings. The van der Waals surface area contributed by atoms with Crippen molar-refractivity contribution in [1.82, 2.24) is 5.32 Å². The molecule has 3 unspecified atom stereocenters. The summed E-state index contributed by atoms with van der Waals surface area (Å²) in [5, 5.41) is 3.06. The summed E-state index contributed by atoms with van der Waals surface area (Å²) < 4.78 is 24.2. The number of benzene rings is 1. The Balaban J connectivity index is 1.54. The molecule has 0 aromatic heterocycles. The van der Waals surface area contributed by atoms with Crippen LogP contribution in [0.4, 0.5) is 4.39 Å². The normalized spacial score (nSPS) is 23.5. The number of hydrogen-bond acceptors (Lipinski definition) is 3. The molecule has 1 aromatic carbocycles. The summed E-state index contributed by atoms with van der Waals surface area (Å²) in [7, 11) is 0. The Morgan fingerprint density at radius 2 is 2.09 bits per heavy atom. The van der Waals surface area contributed by atoms with Crippen LogP contribution < -0.4 is 5.32 Å². The number of hydrogen-bond donors (Lipinski definition) is 1. The van der Waals surface area contributed by atoms with Gasteiger partial charge in [-0.15, -0.1) is 0 Å². The molecule has 1 aliphatic carbocycles. The van der Waals surface area contributed by atoms with Crippen LogP contribution in [0, 0.1) is 11.7 Å². The van der Waals surface area contributed by atoms with E-state index in [4.69, 9.17) is 9.47 Å². The van der Waals surface area contributed by atoms with Crippen molar-refractivity contribution in [3.8, 4) is 0 Å². The summed E-state index contributed by atoms with van der Waals surface area (Å²) in [6.45, 7) is 3.00. The summed E-state index contributed by atoms with van der Waals surface area (Å²) >= 11 is 0. The molecule has 1 saturated carbocycles. The quantitative estimate of drug-likeness (QED) is 0.840. The molecule has 0 bridgehead atoms. The average molecular weight is 321 g/mol. The maximum atomic E-state index is 13.1. The van der Waals surface area contributed by atoms with E-state index in [0.29, 0.717) is 12.5 Å². The minimum Gasteiger partial charge on any atom is -0.376 e. The van der Waals surface area contributed by atoms with E-state index < -0.39 is 6.10 Å². The molecule has 23 heavy (non-hydrogen) atoms. The number of amides is 1. The second-order valence-electron chi connectivity index (χ2n) is 6.49. The Morgan fingerprint density at radius 3 is 2.70 bits per heavy atom. The highest BCUT2D eigenvalue weighted by Crippen LogP contribution is 2.41. The largest absolute Gasteiger partial charge is 0.376 e. The van der Waals surface area contributed by atoms with Crippen LogP contribution in [-0.2, 0) is 14.3 Å². The van der Waals surface area contributed by atoms with Gasteiger partial charge in [-0.2, -0.15) is 0 Å². The molecule has 1 saturated heterocycles. The number of carbonyl (C=O) groups is 1. The van der Waals surface area contributed by atoms with Crippen molar-refractivity contribution < 1.29 is 18.7 Å². The van der Waals surface area contributed by atoms with Gasteiger partial charge < -0.3 is 14.8 Å². The minimum atomic E-state index is -0.513. The minimum absolute atomic E-state index is 0.0584. The van der Waals surface area contributed by atoms with Gasteiger partial charge in [-0.05, 0) is 56.2 Å². The van der Waals surface area contributed by atoms with Crippen LogP contribution in [0.2, 0.25) is 0 Å². The van der Waals surface area contributed by atoms with Gasteiger partial charge in [0.05, 0.1) is 18.8 Å². The van der Waals surface area contributed by atoms with Gasteiger partial charge in [-0.3, -0.25) is 4.79 Å². The lowest BCUT2D eigenvalue weighted by Gasteiger charge is -2.22. The molecule has 126 valence electrons. The number of nitrogens with one attached hydrogen (secondary N) is 1. The Labute approximate surface area is 136 Å². The fourth-order valence-corrected chi connectivity index (χ4v) is 2.95. The van der Waals surface area contributed by atoms with Gasteiger partial charge in [-0.25, -0.2) is 4.39 Å². The van der Waals surface area contributed by atoms with Crippen LogP contribution >= 0.6 is 0 Å². The second-order valence-corrected chi connectivity index (χ2v) is 6.49. The number of carbonyl (C=O) groups excluding carboxylic acids is 1. The molecule has 5 heteroatoms. The summed E-state index contributed by atoms with van der Waals surface area (Å²) in [6.07, 6.45) is 3.83. The van der Waals surface area contributed by atoms with E-state index in [9.17, 15) is 9.18 Å². The van der Waals surface area contributed by atoms with Crippen molar-refractivity contribution in [3.05, 3.63) is 35.6 Å². The maximum Gasteiger partial charge on any atom is 0.249 e. The predicted octanol–water partition coefficient (Wildman–Crippen LogP) is 2.98. The van der Waals surface area contributed by atoms with E-state index in [1.165, 1.54) is 12.1 Å². The molecule has 3 atom stereocenters. The zero-order valence-corrected chi connectivity index (χ0v) is 13.5. The maximum absolute atomic E-state index is 13.1. The Morgan fingerprint density at radius 1 is 1.35 bits per heavy atom. The molecule has 1 aliphatic heterocycles. The van der Waals surface area contributed by atoms with Crippen molar-refractivity contribution in [3.63, 3.8) is 0 Å². The van der Waals surface area contributed by atoms with Crippen molar-refractivity contribution in [2.75, 3.05) is 13.2 Å². The highest BCUT2D eigenvalue weighted by Gasteiger charge is 2.34. The topological polar surface area (TPSA) is 47.6 Å². The fraction of sp³-hybridized carbons (Fsp3) is 0.611. The van der Waals surface area contributed by atoms with Gasteiger partial charge in [0.2, 0.25) is 5.91 Å². The standard InChI is InChI=1S/C18H24FNO3/c1-12(23-11-16-3-2-10-22-16)18(21)20-17(13-4-5-13)14-6-8-15(19)9-7-14/h6-9,12-13,16-17H,2-5,10-11H2,1H3,(H,20,21). The zero-order valence-electron chi connectivity index (χ0n) is 13.5. The summed E-state index contributed by atoms with van der Waals surface area (Å²) in [4.78, 5) is 12.4. The molecule has 4 nitrogen and oxygen atoms in total. The predicted molar refractivity (Wildman–Crippen MR) is 84.4 cm³/mol. The molecule has 0 spiro atoms. The molecule has 2 fully saturated rings. The SMILES string of the molecule is CC(OCC1CCCO1)C(=O)NC(c1ccc(F)cc1)C1CC1. The first kappa shape index (κ1) is 16.4. The van der Waals surface area contributed by atoms with E-state index in [2.05, 4.69) is 5.32 Å². The van der Waals surface area contributed by atoms with Crippen LogP contribution in [0.25, 0.3) is 0 Å². The van der Waals surface area contributed by atoms with Gasteiger partial charge in [0.15, 0.2) is 0 Å². The lowest BCUT2D eigenvalue weighted by Crippen LogP contribution is -2.39. The van der Waals surface area contributed by atoms with Gasteiger partial charge in [0.1, 0.15) is 11.9 Å². The van der Waals surface area contributed by atoms with E-state index in [-0.39, 0.29) is 23.9 Å². The third-order valence-corrected chi connectivity index (χ3v) is 4.55. The lowest BCUT2D eigenvalue weighted by atomic mass is 10.0. The molecule has 0 radical (unpaired) electrons. The third-order valence-electron chi connectivity index (χ3n) is 4.55. The van der Waals surface area contributed by atoms with Crippen LogP contribution in [0.3, 0.4) is 0 Å². The van der Waals surface area contributed by atoms with Crippen molar-refractivity contribution in [2.24, 2.45) is 5.92 Å². The molecule has 1 heterocycles. The van der Waals surface area contributed by atoms with E-state index >= 15 is 0 Å². The van der Waals surface area contributed by atoms with Crippen LogP contribution in [0.1, 0.15) is 44.2 Å². The van der Waals surface area contributed by atoms with Crippen molar-refractivity contribution in [2.45, 2.75) is 50.9 Å².